The van der Waals surface area contributed by atoms with E-state index in [1.165, 1.54) is 12.3 Å². The summed E-state index contributed by atoms with van der Waals surface area (Å²) < 4.78 is 62.1. The van der Waals surface area contributed by atoms with Crippen molar-refractivity contribution in [1.82, 2.24) is 19.6 Å². The Balaban J connectivity index is 1.22. The van der Waals surface area contributed by atoms with E-state index in [-0.39, 0.29) is 21.6 Å². The fourth-order valence-electron chi connectivity index (χ4n) is 5.62. The first-order chi connectivity index (χ1) is 21.2. The fraction of sp³-hybridized carbons (Fsp3) is 0.250. The number of hydrogen-bond acceptors (Lipinski definition) is 9. The predicted molar refractivity (Wildman–Crippen MR) is 167 cm³/mol. The van der Waals surface area contributed by atoms with Gasteiger partial charge in [-0.3, -0.25) is 9.97 Å². The fourth-order valence-corrected chi connectivity index (χ4v) is 8.23. The van der Waals surface area contributed by atoms with Gasteiger partial charge in [0.25, 0.3) is 0 Å². The molecule has 6 rings (SSSR count). The van der Waals surface area contributed by atoms with Gasteiger partial charge in [-0.05, 0) is 61.2 Å². The average Bonchev–Trinajstić information content (AvgIpc) is 3.02. The van der Waals surface area contributed by atoms with Crippen LogP contribution in [0.4, 0.5) is 0 Å². The zero-order valence-electron chi connectivity index (χ0n) is 23.8. The van der Waals surface area contributed by atoms with E-state index in [0.29, 0.717) is 55.1 Å². The summed E-state index contributed by atoms with van der Waals surface area (Å²) in [5.41, 5.74) is 0.804. The molecule has 0 amide bonds. The van der Waals surface area contributed by atoms with Crippen LogP contribution in [-0.2, 0) is 26.6 Å². The predicted octanol–water partition coefficient (Wildman–Crippen LogP) is 3.90. The Morgan fingerprint density at radius 1 is 0.818 bits per heavy atom. The molecule has 1 atom stereocenters. The summed E-state index contributed by atoms with van der Waals surface area (Å²) >= 11 is 0. The van der Waals surface area contributed by atoms with Gasteiger partial charge in [0.2, 0.25) is 10.0 Å². The SMILES string of the molecule is O=S(=O)(NC(Cc1ccc(OS(=O)(=O)c2cccc3cnccc23)cc1)CN1CCC(O)CC1)c1cccc2cnccc12. The number of aromatic nitrogens is 2. The van der Waals surface area contributed by atoms with Crippen molar-refractivity contribution in [3.8, 4) is 5.75 Å². The van der Waals surface area contributed by atoms with Gasteiger partial charge in [-0.1, -0.05) is 36.4 Å². The van der Waals surface area contributed by atoms with Crippen molar-refractivity contribution >= 4 is 41.7 Å². The van der Waals surface area contributed by atoms with E-state index in [4.69, 9.17) is 4.18 Å². The van der Waals surface area contributed by atoms with Crippen LogP contribution in [0.5, 0.6) is 5.75 Å². The Kier molecular flexibility index (Phi) is 8.61. The third-order valence-corrected chi connectivity index (χ3v) is 10.7. The molecule has 0 spiro atoms. The minimum Gasteiger partial charge on any atom is -0.393 e. The number of rotatable bonds is 10. The maximum absolute atomic E-state index is 13.7. The number of piperidine rings is 1. The molecule has 3 heterocycles. The van der Waals surface area contributed by atoms with Gasteiger partial charge in [-0.15, -0.1) is 0 Å². The summed E-state index contributed by atoms with van der Waals surface area (Å²) in [5, 5.41) is 12.5. The van der Waals surface area contributed by atoms with E-state index >= 15 is 0 Å². The maximum Gasteiger partial charge on any atom is 0.339 e. The van der Waals surface area contributed by atoms with Crippen molar-refractivity contribution in [3.05, 3.63) is 103 Å². The third kappa shape index (κ3) is 6.74. The molecule has 5 aromatic rings. The third-order valence-electron chi connectivity index (χ3n) is 7.81. The molecule has 2 N–H and O–H groups in total. The lowest BCUT2D eigenvalue weighted by Crippen LogP contribution is -2.47. The van der Waals surface area contributed by atoms with Gasteiger partial charge in [0.1, 0.15) is 10.6 Å². The van der Waals surface area contributed by atoms with Crippen LogP contribution in [0.15, 0.2) is 107 Å². The highest BCUT2D eigenvalue weighted by Gasteiger charge is 2.26. The first kappa shape index (κ1) is 30.1. The molecule has 12 heteroatoms. The number of sulfonamides is 1. The van der Waals surface area contributed by atoms with Gasteiger partial charge in [0.15, 0.2) is 0 Å². The Hall–Kier alpha value is -3.94. The molecule has 0 saturated carbocycles. The average molecular weight is 633 g/mol. The van der Waals surface area contributed by atoms with Crippen LogP contribution in [0.1, 0.15) is 18.4 Å². The number of nitrogens with zero attached hydrogens (tertiary/aromatic N) is 3. The smallest absolute Gasteiger partial charge is 0.339 e. The van der Waals surface area contributed by atoms with Crippen molar-refractivity contribution < 1.29 is 26.1 Å². The van der Waals surface area contributed by atoms with E-state index in [0.717, 1.165) is 10.9 Å². The van der Waals surface area contributed by atoms with Crippen molar-refractivity contribution in [2.45, 2.75) is 41.2 Å². The molecular weight excluding hydrogens is 601 g/mol. The van der Waals surface area contributed by atoms with Crippen molar-refractivity contribution in [2.24, 2.45) is 0 Å². The zero-order valence-corrected chi connectivity index (χ0v) is 25.4. The van der Waals surface area contributed by atoms with E-state index < -0.39 is 26.2 Å². The van der Waals surface area contributed by atoms with Crippen molar-refractivity contribution in [1.29, 1.82) is 0 Å². The van der Waals surface area contributed by atoms with E-state index in [1.807, 2.05) is 6.07 Å². The Labute approximate surface area is 256 Å². The summed E-state index contributed by atoms with van der Waals surface area (Å²) in [6, 6.07) is 19.5. The van der Waals surface area contributed by atoms with Gasteiger partial charge in [-0.2, -0.15) is 8.42 Å². The lowest BCUT2D eigenvalue weighted by atomic mass is 10.0. The Morgan fingerprint density at radius 2 is 1.41 bits per heavy atom. The van der Waals surface area contributed by atoms with Crippen LogP contribution in [0.25, 0.3) is 21.5 Å². The number of hydrogen-bond donors (Lipinski definition) is 2. The van der Waals surface area contributed by atoms with Gasteiger partial charge in [0, 0.05) is 72.0 Å². The number of benzene rings is 3. The normalized spacial score (nSPS) is 15.8. The van der Waals surface area contributed by atoms with Gasteiger partial charge in [0.05, 0.1) is 11.0 Å². The number of likely N-dealkylation sites (tertiary alicyclic amines) is 1. The first-order valence-corrected chi connectivity index (χ1v) is 17.2. The number of fused-ring (bicyclic) bond motifs is 2. The van der Waals surface area contributed by atoms with Gasteiger partial charge >= 0.3 is 10.1 Å². The van der Waals surface area contributed by atoms with E-state index in [2.05, 4.69) is 19.6 Å². The number of pyridine rings is 2. The molecular formula is C32H32N4O6S2. The minimum absolute atomic E-state index is 0.0480. The van der Waals surface area contributed by atoms with Crippen molar-refractivity contribution in [2.75, 3.05) is 19.6 Å². The van der Waals surface area contributed by atoms with E-state index in [1.54, 1.807) is 79.3 Å². The molecule has 0 aliphatic carbocycles. The van der Waals surface area contributed by atoms with Gasteiger partial charge < -0.3 is 14.2 Å². The lowest BCUT2D eigenvalue weighted by molar-refractivity contribution is 0.0789. The summed E-state index contributed by atoms with van der Waals surface area (Å²) in [6.07, 6.45) is 7.59. The van der Waals surface area contributed by atoms with Crippen LogP contribution in [0, 0.1) is 0 Å². The molecule has 1 aliphatic rings. The summed E-state index contributed by atoms with van der Waals surface area (Å²) in [6.45, 7) is 1.77. The standard InChI is InChI=1S/C32H32N4O6S2/c37-27-13-17-36(18-14-27)22-26(35-43(38,39)31-5-1-3-24-20-33-15-11-29(24)31)19-23-7-9-28(10-8-23)42-44(40,41)32-6-2-4-25-21-34-16-12-30(25)32/h1-12,15-16,20-21,26-27,35,37H,13-14,17-19,22H2. The molecule has 2 aromatic heterocycles. The second-order valence-electron chi connectivity index (χ2n) is 10.9. The topological polar surface area (TPSA) is 139 Å². The quantitative estimate of drug-likeness (QED) is 0.220. The van der Waals surface area contributed by atoms with Crippen molar-refractivity contribution in [3.63, 3.8) is 0 Å². The minimum atomic E-state index is -4.12. The molecule has 3 aromatic carbocycles. The second kappa shape index (κ2) is 12.6. The largest absolute Gasteiger partial charge is 0.393 e. The molecule has 1 unspecified atom stereocenters. The molecule has 228 valence electrons. The molecule has 1 saturated heterocycles. The van der Waals surface area contributed by atoms with Crippen LogP contribution < -0.4 is 8.91 Å². The van der Waals surface area contributed by atoms with Crippen LogP contribution in [-0.4, -0.2) is 68.6 Å². The van der Waals surface area contributed by atoms with Crippen LogP contribution in [0.3, 0.4) is 0 Å². The lowest BCUT2D eigenvalue weighted by Gasteiger charge is -2.32. The molecule has 44 heavy (non-hydrogen) atoms. The summed E-state index contributed by atoms with van der Waals surface area (Å²) in [4.78, 5) is 10.5. The second-order valence-corrected chi connectivity index (χ2v) is 14.1. The van der Waals surface area contributed by atoms with E-state index in [9.17, 15) is 21.9 Å². The Bertz CT molecular complexity index is 1980. The summed E-state index contributed by atoms with van der Waals surface area (Å²) in [7, 11) is -8.03. The first-order valence-electron chi connectivity index (χ1n) is 14.3. The van der Waals surface area contributed by atoms with Crippen LogP contribution in [0.2, 0.25) is 0 Å². The number of nitrogens with one attached hydrogen (secondary N) is 1. The molecule has 0 bridgehead atoms. The monoisotopic (exact) mass is 632 g/mol. The zero-order chi connectivity index (χ0) is 30.7. The Morgan fingerprint density at radius 3 is 2.05 bits per heavy atom. The van der Waals surface area contributed by atoms with Crippen LogP contribution >= 0.6 is 0 Å². The highest BCUT2D eigenvalue weighted by molar-refractivity contribution is 7.89. The maximum atomic E-state index is 13.7. The van der Waals surface area contributed by atoms with Gasteiger partial charge in [-0.25, -0.2) is 13.1 Å². The number of aliphatic hydroxyl groups is 1. The molecule has 0 radical (unpaired) electrons. The molecule has 1 aliphatic heterocycles. The summed E-state index contributed by atoms with van der Waals surface area (Å²) in [5.74, 6) is 0.145. The highest BCUT2D eigenvalue weighted by atomic mass is 32.2. The number of aliphatic hydroxyl groups excluding tert-OH is 1. The highest BCUT2D eigenvalue weighted by Crippen LogP contribution is 2.27. The molecule has 1 fully saturated rings. The molecule has 10 nitrogen and oxygen atoms in total.